The molecule has 3 heterocycles. The molecular formula is C21H22F3N5O2. The first-order valence-electron chi connectivity index (χ1n) is 9.64. The van der Waals surface area contributed by atoms with E-state index in [1.54, 1.807) is 49.3 Å². The molecule has 7 nitrogen and oxygen atoms in total. The van der Waals surface area contributed by atoms with Crippen LogP contribution in [0.5, 0.6) is 5.88 Å². The van der Waals surface area contributed by atoms with Crippen molar-refractivity contribution in [2.24, 2.45) is 0 Å². The summed E-state index contributed by atoms with van der Waals surface area (Å²) in [6.07, 6.45) is 7.21. The fourth-order valence-corrected chi connectivity index (χ4v) is 3.03. The van der Waals surface area contributed by atoms with E-state index in [2.05, 4.69) is 15.1 Å². The Bertz CT molecular complexity index is 1040. The quantitative estimate of drug-likeness (QED) is 0.540. The van der Waals surface area contributed by atoms with Gasteiger partial charge in [0.15, 0.2) is 5.82 Å². The molecule has 164 valence electrons. The fraction of sp³-hybridized carbons (Fsp3) is 0.333. The number of ether oxygens (including phenoxy) is 1. The number of rotatable bonds is 8. The van der Waals surface area contributed by atoms with E-state index in [9.17, 15) is 18.0 Å². The zero-order valence-corrected chi connectivity index (χ0v) is 17.3. The van der Waals surface area contributed by atoms with Gasteiger partial charge in [0.1, 0.15) is 6.61 Å². The molecule has 0 saturated heterocycles. The second-order valence-corrected chi connectivity index (χ2v) is 6.99. The number of halogens is 3. The zero-order valence-electron chi connectivity index (χ0n) is 17.3. The van der Waals surface area contributed by atoms with E-state index in [-0.39, 0.29) is 12.5 Å². The van der Waals surface area contributed by atoms with Gasteiger partial charge in [-0.2, -0.15) is 5.10 Å². The molecule has 0 spiro atoms. The molecule has 1 atom stereocenters. The summed E-state index contributed by atoms with van der Waals surface area (Å²) in [5, 5.41) is 4.16. The molecule has 0 aliphatic heterocycles. The molecule has 0 saturated carbocycles. The predicted octanol–water partition coefficient (Wildman–Crippen LogP) is 3.84. The van der Waals surface area contributed by atoms with Gasteiger partial charge < -0.3 is 9.64 Å². The minimum Gasteiger partial charge on any atom is -0.473 e. The second-order valence-electron chi connectivity index (χ2n) is 6.99. The van der Waals surface area contributed by atoms with Gasteiger partial charge in [-0.25, -0.2) is 22.8 Å². The van der Waals surface area contributed by atoms with E-state index in [0.717, 1.165) is 6.20 Å². The van der Waals surface area contributed by atoms with Crippen LogP contribution >= 0.6 is 0 Å². The van der Waals surface area contributed by atoms with Crippen molar-refractivity contribution in [3.63, 3.8) is 0 Å². The lowest BCUT2D eigenvalue weighted by Gasteiger charge is -2.28. The van der Waals surface area contributed by atoms with Crippen molar-refractivity contribution in [3.05, 3.63) is 66.1 Å². The Morgan fingerprint density at radius 2 is 2.10 bits per heavy atom. The molecule has 0 fully saturated rings. The SMILES string of the molecule is CCN(C(=O)c1cnccc1-n1cccn1)[C@@H](C)COc1ncc(C(C)(F)F)cc1F. The highest BCUT2D eigenvalue weighted by Gasteiger charge is 2.27. The summed E-state index contributed by atoms with van der Waals surface area (Å²) >= 11 is 0. The Labute approximate surface area is 177 Å². The molecule has 0 aromatic carbocycles. The number of nitrogens with zero attached hydrogens (tertiary/aromatic N) is 5. The molecule has 10 heteroatoms. The highest BCUT2D eigenvalue weighted by Crippen LogP contribution is 2.28. The number of hydrogen-bond acceptors (Lipinski definition) is 5. The Hall–Kier alpha value is -3.43. The van der Waals surface area contributed by atoms with Crippen molar-refractivity contribution in [2.45, 2.75) is 32.7 Å². The summed E-state index contributed by atoms with van der Waals surface area (Å²) in [6, 6.07) is 3.65. The molecular weight excluding hydrogens is 411 g/mol. The summed E-state index contributed by atoms with van der Waals surface area (Å²) in [6.45, 7) is 4.47. The summed E-state index contributed by atoms with van der Waals surface area (Å²) < 4.78 is 47.7. The average molecular weight is 433 g/mol. The topological polar surface area (TPSA) is 73.1 Å². The molecule has 3 aromatic rings. The maximum atomic E-state index is 14.1. The molecule has 0 bridgehead atoms. The van der Waals surface area contributed by atoms with Gasteiger partial charge >= 0.3 is 0 Å². The number of carbonyl (C=O) groups excluding carboxylic acids is 1. The fourth-order valence-electron chi connectivity index (χ4n) is 3.03. The largest absolute Gasteiger partial charge is 0.473 e. The van der Waals surface area contributed by atoms with Crippen LogP contribution in [0.4, 0.5) is 13.2 Å². The van der Waals surface area contributed by atoms with E-state index in [0.29, 0.717) is 30.8 Å². The third kappa shape index (κ3) is 5.01. The number of hydrogen-bond donors (Lipinski definition) is 0. The highest BCUT2D eigenvalue weighted by molar-refractivity contribution is 5.97. The molecule has 0 aliphatic rings. The van der Waals surface area contributed by atoms with Gasteiger partial charge in [-0.05, 0) is 32.0 Å². The summed E-state index contributed by atoms with van der Waals surface area (Å²) in [5.41, 5.74) is 0.373. The number of pyridine rings is 2. The minimum absolute atomic E-state index is 0.0806. The first-order valence-corrected chi connectivity index (χ1v) is 9.64. The normalized spacial score (nSPS) is 12.5. The molecule has 3 aromatic heterocycles. The van der Waals surface area contributed by atoms with E-state index in [4.69, 9.17) is 4.74 Å². The summed E-state index contributed by atoms with van der Waals surface area (Å²) in [7, 11) is 0. The Kier molecular flexibility index (Phi) is 6.57. The smallest absolute Gasteiger partial charge is 0.272 e. The molecule has 0 unspecified atom stereocenters. The maximum Gasteiger partial charge on any atom is 0.272 e. The molecule has 3 rings (SSSR count). The number of likely N-dealkylation sites (N-methyl/N-ethyl adjacent to an activating group) is 1. The van der Waals surface area contributed by atoms with Crippen LogP contribution in [0.15, 0.2) is 49.2 Å². The predicted molar refractivity (Wildman–Crippen MR) is 107 cm³/mol. The summed E-state index contributed by atoms with van der Waals surface area (Å²) in [4.78, 5) is 22.4. The van der Waals surface area contributed by atoms with Gasteiger partial charge in [0.2, 0.25) is 5.88 Å². The zero-order chi connectivity index (χ0) is 22.6. The molecule has 0 N–H and O–H groups in total. The van der Waals surface area contributed by atoms with Crippen LogP contribution in [-0.2, 0) is 5.92 Å². The van der Waals surface area contributed by atoms with E-state index < -0.39 is 29.2 Å². The Balaban J connectivity index is 1.74. The van der Waals surface area contributed by atoms with Crippen LogP contribution < -0.4 is 4.74 Å². The van der Waals surface area contributed by atoms with Gasteiger partial charge in [-0.1, -0.05) is 0 Å². The Morgan fingerprint density at radius 1 is 1.32 bits per heavy atom. The number of alkyl halides is 2. The van der Waals surface area contributed by atoms with Crippen LogP contribution in [-0.4, -0.2) is 49.7 Å². The molecule has 0 radical (unpaired) electrons. The van der Waals surface area contributed by atoms with Crippen molar-refractivity contribution in [3.8, 4) is 11.6 Å². The van der Waals surface area contributed by atoms with Crippen LogP contribution in [0.2, 0.25) is 0 Å². The maximum absolute atomic E-state index is 14.1. The number of aromatic nitrogens is 4. The van der Waals surface area contributed by atoms with Gasteiger partial charge in [0, 0.05) is 50.0 Å². The van der Waals surface area contributed by atoms with E-state index in [1.807, 2.05) is 0 Å². The van der Waals surface area contributed by atoms with Gasteiger partial charge in [-0.3, -0.25) is 9.78 Å². The number of carbonyl (C=O) groups is 1. The van der Waals surface area contributed by atoms with E-state index >= 15 is 0 Å². The lowest BCUT2D eigenvalue weighted by molar-refractivity contribution is 0.0165. The summed E-state index contributed by atoms with van der Waals surface area (Å²) in [5.74, 6) is -4.90. The highest BCUT2D eigenvalue weighted by atomic mass is 19.3. The van der Waals surface area contributed by atoms with Crippen molar-refractivity contribution >= 4 is 5.91 Å². The Morgan fingerprint density at radius 3 is 2.71 bits per heavy atom. The second kappa shape index (κ2) is 9.15. The van der Waals surface area contributed by atoms with Crippen molar-refractivity contribution < 1.29 is 22.7 Å². The standard InChI is InChI=1S/C21H22F3N5O2/c1-4-28(20(30)16-12-25-8-6-18(16)29-9-5-7-27-29)14(2)13-31-19-17(22)10-15(11-26-19)21(3,23)24/h5-12,14H,4,13H2,1-3H3/t14-/m0/s1. The van der Waals surface area contributed by atoms with Crippen LogP contribution in [0.25, 0.3) is 5.69 Å². The third-order valence-corrected chi connectivity index (χ3v) is 4.69. The van der Waals surface area contributed by atoms with Crippen LogP contribution in [0.1, 0.15) is 36.7 Å². The molecule has 0 aliphatic carbocycles. The van der Waals surface area contributed by atoms with Crippen molar-refractivity contribution in [1.29, 1.82) is 0 Å². The van der Waals surface area contributed by atoms with Crippen LogP contribution in [0.3, 0.4) is 0 Å². The van der Waals surface area contributed by atoms with Gasteiger partial charge in [0.05, 0.1) is 17.3 Å². The first-order chi connectivity index (χ1) is 14.7. The first kappa shape index (κ1) is 22.3. The van der Waals surface area contributed by atoms with Crippen LogP contribution in [0, 0.1) is 5.82 Å². The molecule has 31 heavy (non-hydrogen) atoms. The average Bonchev–Trinajstić information content (AvgIpc) is 3.27. The minimum atomic E-state index is -3.21. The lowest BCUT2D eigenvalue weighted by atomic mass is 10.1. The molecule has 1 amide bonds. The van der Waals surface area contributed by atoms with Gasteiger partial charge in [-0.15, -0.1) is 0 Å². The van der Waals surface area contributed by atoms with Crippen molar-refractivity contribution in [1.82, 2.24) is 24.6 Å². The van der Waals surface area contributed by atoms with Gasteiger partial charge in [0.25, 0.3) is 11.8 Å². The third-order valence-electron chi connectivity index (χ3n) is 4.69. The van der Waals surface area contributed by atoms with Crippen molar-refractivity contribution in [2.75, 3.05) is 13.2 Å². The number of amides is 1. The van der Waals surface area contributed by atoms with E-state index in [1.165, 1.54) is 11.1 Å². The lowest BCUT2D eigenvalue weighted by Crippen LogP contribution is -2.42. The monoisotopic (exact) mass is 433 g/mol.